The summed E-state index contributed by atoms with van der Waals surface area (Å²) in [4.78, 5) is 11.8. The lowest BCUT2D eigenvalue weighted by Crippen LogP contribution is -2.02. The number of aryl methyl sites for hydroxylation is 1. The highest BCUT2D eigenvalue weighted by Gasteiger charge is 2.28. The Kier molecular flexibility index (Phi) is 3.33. The predicted molar refractivity (Wildman–Crippen MR) is 65.6 cm³/mol. The quantitative estimate of drug-likeness (QED) is 0.805. The van der Waals surface area contributed by atoms with E-state index in [1.54, 1.807) is 24.3 Å². The van der Waals surface area contributed by atoms with Gasteiger partial charge in [0.2, 0.25) is 0 Å². The molecule has 17 heavy (non-hydrogen) atoms. The van der Waals surface area contributed by atoms with Crippen LogP contribution in [0.4, 0.5) is 0 Å². The van der Waals surface area contributed by atoms with Crippen molar-refractivity contribution in [3.8, 4) is 0 Å². The van der Waals surface area contributed by atoms with Gasteiger partial charge in [-0.05, 0) is 37.0 Å². The minimum atomic E-state index is -3.12. The maximum atomic E-state index is 11.5. The Morgan fingerprint density at radius 3 is 2.29 bits per heavy atom. The minimum absolute atomic E-state index is 0.310. The van der Waals surface area contributed by atoms with Gasteiger partial charge in [0.25, 0.3) is 0 Å². The highest BCUT2D eigenvalue weighted by molar-refractivity contribution is 7.90. The van der Waals surface area contributed by atoms with Crippen molar-refractivity contribution >= 4 is 15.6 Å². The first-order valence-electron chi connectivity index (χ1n) is 5.78. The van der Waals surface area contributed by atoms with Crippen molar-refractivity contribution in [1.29, 1.82) is 0 Å². The molecule has 0 aliphatic heterocycles. The molecule has 2 rings (SSSR count). The van der Waals surface area contributed by atoms with Gasteiger partial charge in [0, 0.05) is 18.6 Å². The van der Waals surface area contributed by atoms with Gasteiger partial charge in [0.15, 0.2) is 9.84 Å². The molecule has 1 saturated carbocycles. The van der Waals surface area contributed by atoms with Crippen molar-refractivity contribution in [1.82, 2.24) is 0 Å². The molecule has 0 saturated heterocycles. The van der Waals surface area contributed by atoms with E-state index in [0.717, 1.165) is 18.4 Å². The molecule has 0 N–H and O–H groups in total. The Morgan fingerprint density at radius 2 is 1.82 bits per heavy atom. The average Bonchev–Trinajstić information content (AvgIpc) is 3.09. The van der Waals surface area contributed by atoms with E-state index in [9.17, 15) is 13.2 Å². The first-order chi connectivity index (χ1) is 7.97. The van der Waals surface area contributed by atoms with Crippen LogP contribution in [-0.4, -0.2) is 20.5 Å². The van der Waals surface area contributed by atoms with Gasteiger partial charge < -0.3 is 0 Å². The molecule has 1 aliphatic rings. The van der Waals surface area contributed by atoms with E-state index in [2.05, 4.69) is 0 Å². The standard InChI is InChI=1S/C13H16O3S/c1-17(15,16)12-7-2-10(3-8-12)4-9-13(14)11-5-6-11/h2-3,7-8,11H,4-6,9H2,1H3. The molecule has 0 unspecified atom stereocenters. The van der Waals surface area contributed by atoms with Gasteiger partial charge >= 0.3 is 0 Å². The summed E-state index contributed by atoms with van der Waals surface area (Å²) in [5.74, 6) is 0.655. The van der Waals surface area contributed by atoms with Gasteiger partial charge in [-0.1, -0.05) is 12.1 Å². The number of benzene rings is 1. The fraction of sp³-hybridized carbons (Fsp3) is 0.462. The lowest BCUT2D eigenvalue weighted by atomic mass is 10.1. The van der Waals surface area contributed by atoms with Crippen LogP contribution in [0.15, 0.2) is 29.2 Å². The summed E-state index contributed by atoms with van der Waals surface area (Å²) < 4.78 is 22.5. The van der Waals surface area contributed by atoms with Crippen molar-refractivity contribution in [3.05, 3.63) is 29.8 Å². The monoisotopic (exact) mass is 252 g/mol. The molecule has 4 heteroatoms. The number of hydrogen-bond acceptors (Lipinski definition) is 3. The molecule has 0 amide bonds. The van der Waals surface area contributed by atoms with Gasteiger partial charge in [-0.25, -0.2) is 8.42 Å². The molecule has 0 radical (unpaired) electrons. The van der Waals surface area contributed by atoms with E-state index < -0.39 is 9.84 Å². The van der Waals surface area contributed by atoms with Gasteiger partial charge in [-0.2, -0.15) is 0 Å². The smallest absolute Gasteiger partial charge is 0.175 e. The summed E-state index contributed by atoms with van der Waals surface area (Å²) in [5.41, 5.74) is 1.02. The molecule has 0 heterocycles. The molecule has 1 aliphatic carbocycles. The zero-order valence-corrected chi connectivity index (χ0v) is 10.7. The van der Waals surface area contributed by atoms with Crippen LogP contribution < -0.4 is 0 Å². The van der Waals surface area contributed by atoms with Crippen LogP contribution in [0.2, 0.25) is 0 Å². The third-order valence-electron chi connectivity index (χ3n) is 3.04. The van der Waals surface area contributed by atoms with E-state index in [1.165, 1.54) is 6.26 Å². The highest BCUT2D eigenvalue weighted by Crippen LogP contribution is 2.31. The van der Waals surface area contributed by atoms with Gasteiger partial charge in [0.05, 0.1) is 4.90 Å². The molecule has 1 aromatic rings. The summed E-state index contributed by atoms with van der Waals surface area (Å²) in [5, 5.41) is 0. The van der Waals surface area contributed by atoms with Crippen molar-refractivity contribution < 1.29 is 13.2 Å². The molecule has 3 nitrogen and oxygen atoms in total. The summed E-state index contributed by atoms with van der Waals surface area (Å²) in [6.45, 7) is 0. The summed E-state index contributed by atoms with van der Waals surface area (Å²) in [6.07, 6.45) is 4.57. The third-order valence-corrected chi connectivity index (χ3v) is 4.17. The molecular weight excluding hydrogens is 236 g/mol. The second-order valence-electron chi connectivity index (χ2n) is 4.66. The Balaban J connectivity index is 1.96. The van der Waals surface area contributed by atoms with Gasteiger partial charge in [-0.15, -0.1) is 0 Å². The predicted octanol–water partition coefficient (Wildman–Crippen LogP) is 2.00. The van der Waals surface area contributed by atoms with E-state index in [1.807, 2.05) is 0 Å². The summed E-state index contributed by atoms with van der Waals surface area (Å²) >= 11 is 0. The number of hydrogen-bond donors (Lipinski definition) is 0. The van der Waals surface area contributed by atoms with Crippen molar-refractivity contribution in [2.75, 3.05) is 6.26 Å². The van der Waals surface area contributed by atoms with Crippen LogP contribution in [-0.2, 0) is 21.1 Å². The Bertz CT molecular complexity index is 510. The number of Topliss-reactive ketones (excluding diaryl/α,β-unsaturated/α-hetero) is 1. The van der Waals surface area contributed by atoms with Crippen molar-refractivity contribution in [3.63, 3.8) is 0 Å². The number of rotatable bonds is 5. The Morgan fingerprint density at radius 1 is 1.24 bits per heavy atom. The van der Waals surface area contributed by atoms with Gasteiger partial charge in [0.1, 0.15) is 5.78 Å². The molecule has 0 atom stereocenters. The average molecular weight is 252 g/mol. The second-order valence-corrected chi connectivity index (χ2v) is 6.67. The van der Waals surface area contributed by atoms with E-state index in [0.29, 0.717) is 29.4 Å². The summed E-state index contributed by atoms with van der Waals surface area (Å²) in [7, 11) is -3.12. The Labute approximate surface area is 102 Å². The van der Waals surface area contributed by atoms with Crippen LogP contribution in [0, 0.1) is 5.92 Å². The van der Waals surface area contributed by atoms with E-state index >= 15 is 0 Å². The molecule has 1 fully saturated rings. The van der Waals surface area contributed by atoms with Crippen LogP contribution >= 0.6 is 0 Å². The highest BCUT2D eigenvalue weighted by atomic mass is 32.2. The first-order valence-corrected chi connectivity index (χ1v) is 7.67. The first kappa shape index (κ1) is 12.3. The van der Waals surface area contributed by atoms with E-state index in [4.69, 9.17) is 0 Å². The van der Waals surface area contributed by atoms with Gasteiger partial charge in [-0.3, -0.25) is 4.79 Å². The number of carbonyl (C=O) groups excluding carboxylic acids is 1. The van der Waals surface area contributed by atoms with Crippen LogP contribution in [0.3, 0.4) is 0 Å². The number of ketones is 1. The minimum Gasteiger partial charge on any atom is -0.299 e. The normalized spacial score (nSPS) is 15.8. The fourth-order valence-corrected chi connectivity index (χ4v) is 2.41. The van der Waals surface area contributed by atoms with Crippen molar-refractivity contribution in [2.45, 2.75) is 30.6 Å². The number of carbonyl (C=O) groups is 1. The maximum Gasteiger partial charge on any atom is 0.175 e. The zero-order valence-electron chi connectivity index (χ0n) is 9.85. The molecule has 1 aromatic carbocycles. The SMILES string of the molecule is CS(=O)(=O)c1ccc(CCC(=O)C2CC2)cc1. The zero-order chi connectivity index (χ0) is 12.5. The van der Waals surface area contributed by atoms with Crippen LogP contribution in [0.5, 0.6) is 0 Å². The lowest BCUT2D eigenvalue weighted by molar-refractivity contribution is -0.120. The summed E-state index contributed by atoms with van der Waals surface area (Å²) in [6, 6.07) is 6.78. The van der Waals surface area contributed by atoms with Crippen LogP contribution in [0.25, 0.3) is 0 Å². The Hall–Kier alpha value is -1.16. The number of sulfone groups is 1. The largest absolute Gasteiger partial charge is 0.299 e. The maximum absolute atomic E-state index is 11.5. The lowest BCUT2D eigenvalue weighted by Gasteiger charge is -2.02. The molecule has 0 aromatic heterocycles. The molecule has 0 spiro atoms. The van der Waals surface area contributed by atoms with Crippen molar-refractivity contribution in [2.24, 2.45) is 5.92 Å². The second kappa shape index (κ2) is 4.61. The topological polar surface area (TPSA) is 51.2 Å². The van der Waals surface area contributed by atoms with E-state index in [-0.39, 0.29) is 0 Å². The molecule has 92 valence electrons. The fourth-order valence-electron chi connectivity index (χ4n) is 1.78. The van der Waals surface area contributed by atoms with Crippen LogP contribution in [0.1, 0.15) is 24.8 Å². The third kappa shape index (κ3) is 3.40. The molecular formula is C13H16O3S. The molecule has 0 bridgehead atoms.